The zero-order chi connectivity index (χ0) is 14.4. The van der Waals surface area contributed by atoms with Gasteiger partial charge in [-0.25, -0.2) is 0 Å². The highest BCUT2D eigenvalue weighted by Crippen LogP contribution is 2.22. The molecular weight excluding hydrogens is 252 g/mol. The second kappa shape index (κ2) is 7.41. The standard InChI is InChI=1S/C16H24N2O2/c17-15(12-13-6-2-1-3-7-13)16(20)18-10-4-8-14(18)9-5-11-19/h1-3,6-7,14-15,19H,4-5,8-12,17H2. The van der Waals surface area contributed by atoms with E-state index in [4.69, 9.17) is 10.8 Å². The van der Waals surface area contributed by atoms with Crippen LogP contribution in [-0.4, -0.2) is 41.1 Å². The number of hydrogen-bond donors (Lipinski definition) is 2. The highest BCUT2D eigenvalue weighted by atomic mass is 16.3. The SMILES string of the molecule is NC(Cc1ccccc1)C(=O)N1CCCC1CCCO. The first-order valence-electron chi connectivity index (χ1n) is 7.43. The van der Waals surface area contributed by atoms with Crippen LogP contribution in [0.4, 0.5) is 0 Å². The highest BCUT2D eigenvalue weighted by Gasteiger charge is 2.31. The van der Waals surface area contributed by atoms with Gasteiger partial charge in [-0.3, -0.25) is 4.79 Å². The lowest BCUT2D eigenvalue weighted by Crippen LogP contribution is -2.47. The number of aliphatic hydroxyl groups excluding tert-OH is 1. The molecule has 1 aliphatic rings. The Kier molecular flexibility index (Phi) is 5.56. The monoisotopic (exact) mass is 276 g/mol. The minimum Gasteiger partial charge on any atom is -0.396 e. The molecule has 1 aromatic rings. The van der Waals surface area contributed by atoms with Crippen molar-refractivity contribution in [3.05, 3.63) is 35.9 Å². The molecule has 1 aliphatic heterocycles. The molecule has 2 atom stereocenters. The molecule has 0 spiro atoms. The molecule has 0 bridgehead atoms. The van der Waals surface area contributed by atoms with Gasteiger partial charge in [0.05, 0.1) is 6.04 Å². The van der Waals surface area contributed by atoms with Crippen molar-refractivity contribution >= 4 is 5.91 Å². The maximum absolute atomic E-state index is 12.5. The summed E-state index contributed by atoms with van der Waals surface area (Å²) >= 11 is 0. The first-order valence-corrected chi connectivity index (χ1v) is 7.43. The van der Waals surface area contributed by atoms with Crippen LogP contribution in [-0.2, 0) is 11.2 Å². The zero-order valence-corrected chi connectivity index (χ0v) is 11.9. The summed E-state index contributed by atoms with van der Waals surface area (Å²) in [6.07, 6.45) is 4.29. The van der Waals surface area contributed by atoms with Crippen LogP contribution in [0.3, 0.4) is 0 Å². The number of carbonyl (C=O) groups is 1. The number of nitrogens with two attached hydrogens (primary N) is 1. The number of aliphatic hydroxyl groups is 1. The fourth-order valence-electron chi connectivity index (χ4n) is 2.92. The molecule has 1 saturated heterocycles. The Morgan fingerprint density at radius 2 is 2.15 bits per heavy atom. The van der Waals surface area contributed by atoms with E-state index >= 15 is 0 Å². The van der Waals surface area contributed by atoms with Gasteiger partial charge in [0.15, 0.2) is 0 Å². The number of nitrogens with zero attached hydrogens (tertiary/aromatic N) is 1. The van der Waals surface area contributed by atoms with Crippen molar-refractivity contribution in [2.75, 3.05) is 13.2 Å². The molecule has 1 heterocycles. The van der Waals surface area contributed by atoms with Crippen LogP contribution in [0.1, 0.15) is 31.2 Å². The Bertz CT molecular complexity index is 422. The summed E-state index contributed by atoms with van der Waals surface area (Å²) in [6.45, 7) is 0.992. The molecule has 0 radical (unpaired) electrons. The van der Waals surface area contributed by atoms with Crippen LogP contribution in [0, 0.1) is 0 Å². The lowest BCUT2D eigenvalue weighted by molar-refractivity contribution is -0.133. The van der Waals surface area contributed by atoms with Gasteiger partial charge < -0.3 is 15.7 Å². The maximum atomic E-state index is 12.5. The van der Waals surface area contributed by atoms with Gasteiger partial charge in [-0.2, -0.15) is 0 Å². The van der Waals surface area contributed by atoms with Crippen molar-refractivity contribution in [1.82, 2.24) is 4.90 Å². The van der Waals surface area contributed by atoms with Gasteiger partial charge in [-0.15, -0.1) is 0 Å². The Labute approximate surface area is 120 Å². The third-order valence-electron chi connectivity index (χ3n) is 3.97. The average molecular weight is 276 g/mol. The van der Waals surface area contributed by atoms with Crippen molar-refractivity contribution in [2.24, 2.45) is 5.73 Å². The normalized spacial score (nSPS) is 20.1. The number of rotatable bonds is 6. The van der Waals surface area contributed by atoms with E-state index in [1.807, 2.05) is 35.2 Å². The van der Waals surface area contributed by atoms with E-state index in [0.717, 1.165) is 37.8 Å². The summed E-state index contributed by atoms with van der Waals surface area (Å²) < 4.78 is 0. The van der Waals surface area contributed by atoms with Crippen LogP contribution >= 0.6 is 0 Å². The van der Waals surface area contributed by atoms with E-state index in [0.29, 0.717) is 6.42 Å². The first kappa shape index (κ1) is 15.0. The largest absolute Gasteiger partial charge is 0.396 e. The number of hydrogen-bond acceptors (Lipinski definition) is 3. The Hall–Kier alpha value is -1.39. The van der Waals surface area contributed by atoms with Crippen molar-refractivity contribution in [3.8, 4) is 0 Å². The second-order valence-corrected chi connectivity index (χ2v) is 5.49. The Morgan fingerprint density at radius 1 is 1.40 bits per heavy atom. The number of carbonyl (C=O) groups excluding carboxylic acids is 1. The van der Waals surface area contributed by atoms with Crippen LogP contribution in [0.2, 0.25) is 0 Å². The molecule has 0 saturated carbocycles. The quantitative estimate of drug-likeness (QED) is 0.823. The Morgan fingerprint density at radius 3 is 2.85 bits per heavy atom. The fraction of sp³-hybridized carbons (Fsp3) is 0.562. The highest BCUT2D eigenvalue weighted by molar-refractivity contribution is 5.82. The third-order valence-corrected chi connectivity index (χ3v) is 3.97. The fourth-order valence-corrected chi connectivity index (χ4v) is 2.92. The molecule has 2 unspecified atom stereocenters. The van der Waals surface area contributed by atoms with E-state index in [1.54, 1.807) is 0 Å². The van der Waals surface area contributed by atoms with Crippen LogP contribution < -0.4 is 5.73 Å². The predicted molar refractivity (Wildman–Crippen MR) is 79.2 cm³/mol. The van der Waals surface area contributed by atoms with Gasteiger partial charge in [-0.05, 0) is 37.7 Å². The molecule has 2 rings (SSSR count). The van der Waals surface area contributed by atoms with E-state index in [1.165, 1.54) is 0 Å². The Balaban J connectivity index is 1.92. The summed E-state index contributed by atoms with van der Waals surface area (Å²) in [5, 5.41) is 8.93. The lowest BCUT2D eigenvalue weighted by atomic mass is 10.0. The van der Waals surface area contributed by atoms with Crippen LogP contribution in [0.5, 0.6) is 0 Å². The molecule has 1 fully saturated rings. The van der Waals surface area contributed by atoms with E-state index in [2.05, 4.69) is 0 Å². The number of amides is 1. The van der Waals surface area contributed by atoms with Crippen molar-refractivity contribution in [1.29, 1.82) is 0 Å². The van der Waals surface area contributed by atoms with Crippen molar-refractivity contribution < 1.29 is 9.90 Å². The summed E-state index contributed by atoms with van der Waals surface area (Å²) in [7, 11) is 0. The van der Waals surface area contributed by atoms with Crippen molar-refractivity contribution in [3.63, 3.8) is 0 Å². The maximum Gasteiger partial charge on any atom is 0.240 e. The molecule has 0 aliphatic carbocycles. The second-order valence-electron chi connectivity index (χ2n) is 5.49. The molecule has 20 heavy (non-hydrogen) atoms. The minimum absolute atomic E-state index is 0.0503. The van der Waals surface area contributed by atoms with Gasteiger partial charge in [0.1, 0.15) is 0 Å². The summed E-state index contributed by atoms with van der Waals surface area (Å²) in [4.78, 5) is 14.4. The third kappa shape index (κ3) is 3.81. The number of benzene rings is 1. The number of likely N-dealkylation sites (tertiary alicyclic amines) is 1. The van der Waals surface area contributed by atoms with E-state index < -0.39 is 6.04 Å². The van der Waals surface area contributed by atoms with E-state index in [9.17, 15) is 4.79 Å². The lowest BCUT2D eigenvalue weighted by Gasteiger charge is -2.27. The zero-order valence-electron chi connectivity index (χ0n) is 11.9. The first-order chi connectivity index (χ1) is 9.72. The van der Waals surface area contributed by atoms with Gasteiger partial charge in [0, 0.05) is 19.2 Å². The average Bonchev–Trinajstić information content (AvgIpc) is 2.93. The molecule has 4 heteroatoms. The van der Waals surface area contributed by atoms with Gasteiger partial charge in [-0.1, -0.05) is 30.3 Å². The molecule has 1 amide bonds. The van der Waals surface area contributed by atoms with Crippen LogP contribution in [0.25, 0.3) is 0 Å². The minimum atomic E-state index is -0.466. The van der Waals surface area contributed by atoms with Gasteiger partial charge in [0.25, 0.3) is 0 Å². The predicted octanol–water partition coefficient (Wildman–Crippen LogP) is 1.32. The van der Waals surface area contributed by atoms with Crippen molar-refractivity contribution in [2.45, 2.75) is 44.2 Å². The summed E-state index contributed by atoms with van der Waals surface area (Å²) in [5.41, 5.74) is 7.18. The molecule has 3 N–H and O–H groups in total. The topological polar surface area (TPSA) is 66.6 Å². The molecule has 1 aromatic carbocycles. The summed E-state index contributed by atoms with van der Waals surface area (Å²) in [6, 6.07) is 9.69. The van der Waals surface area contributed by atoms with E-state index in [-0.39, 0.29) is 18.6 Å². The molecule has 4 nitrogen and oxygen atoms in total. The molecular formula is C16H24N2O2. The van der Waals surface area contributed by atoms with Crippen LogP contribution in [0.15, 0.2) is 30.3 Å². The smallest absolute Gasteiger partial charge is 0.240 e. The van der Waals surface area contributed by atoms with Gasteiger partial charge >= 0.3 is 0 Å². The molecule has 0 aromatic heterocycles. The van der Waals surface area contributed by atoms with Gasteiger partial charge in [0.2, 0.25) is 5.91 Å². The molecule has 110 valence electrons. The summed E-state index contributed by atoms with van der Waals surface area (Å²) in [5.74, 6) is 0.0503.